The van der Waals surface area contributed by atoms with Gasteiger partial charge in [-0.2, -0.15) is 0 Å². The van der Waals surface area contributed by atoms with Crippen molar-refractivity contribution in [1.29, 1.82) is 0 Å². The zero-order valence-corrected chi connectivity index (χ0v) is 14.6. The van der Waals surface area contributed by atoms with Gasteiger partial charge in [0.1, 0.15) is 17.3 Å². The first-order valence-electron chi connectivity index (χ1n) is 8.00. The quantitative estimate of drug-likeness (QED) is 0.746. The number of amides is 1. The predicted octanol–water partition coefficient (Wildman–Crippen LogP) is 2.30. The first-order valence-corrected chi connectivity index (χ1v) is 8.00. The molecule has 1 N–H and O–H groups in total. The maximum atomic E-state index is 11.8. The highest BCUT2D eigenvalue weighted by molar-refractivity contribution is 5.78. The number of carbonyl (C=O) groups excluding carboxylic acids is 1. The van der Waals surface area contributed by atoms with E-state index in [1.165, 1.54) is 0 Å². The number of nitrogens with one attached hydrogen (secondary N) is 1. The SMILES string of the molecule is COc1ccc(-c2nc3cnccn3c2NCCC(=O)N(C)C)cc1. The minimum Gasteiger partial charge on any atom is -0.497 e. The van der Waals surface area contributed by atoms with Gasteiger partial charge in [0.15, 0.2) is 5.65 Å². The molecule has 0 saturated carbocycles. The molecular weight excluding hydrogens is 318 g/mol. The van der Waals surface area contributed by atoms with Crippen LogP contribution in [0.4, 0.5) is 5.82 Å². The lowest BCUT2D eigenvalue weighted by Gasteiger charge is -2.12. The Labute approximate surface area is 146 Å². The number of benzene rings is 1. The normalized spacial score (nSPS) is 10.7. The smallest absolute Gasteiger partial charge is 0.223 e. The molecule has 1 aromatic carbocycles. The molecule has 2 aromatic heterocycles. The van der Waals surface area contributed by atoms with Gasteiger partial charge < -0.3 is 15.0 Å². The molecule has 25 heavy (non-hydrogen) atoms. The Morgan fingerprint density at radius 1 is 1.28 bits per heavy atom. The molecule has 7 heteroatoms. The Morgan fingerprint density at radius 2 is 2.04 bits per heavy atom. The standard InChI is InChI=1S/C18H21N5O2/c1-22(2)16(24)8-9-20-18-17(13-4-6-14(25-3)7-5-13)21-15-12-19-10-11-23(15)18/h4-7,10-12,20H,8-9H2,1-3H3. The van der Waals surface area contributed by atoms with E-state index in [4.69, 9.17) is 4.74 Å². The second kappa shape index (κ2) is 7.21. The third kappa shape index (κ3) is 3.55. The molecule has 7 nitrogen and oxygen atoms in total. The van der Waals surface area contributed by atoms with Gasteiger partial charge in [0.25, 0.3) is 0 Å². The third-order valence-electron chi connectivity index (χ3n) is 3.92. The van der Waals surface area contributed by atoms with E-state index in [0.29, 0.717) is 13.0 Å². The van der Waals surface area contributed by atoms with Crippen molar-refractivity contribution < 1.29 is 9.53 Å². The molecule has 0 fully saturated rings. The zero-order chi connectivity index (χ0) is 17.8. The molecule has 0 bridgehead atoms. The fourth-order valence-corrected chi connectivity index (χ4v) is 2.54. The summed E-state index contributed by atoms with van der Waals surface area (Å²) in [5.74, 6) is 1.71. The van der Waals surface area contributed by atoms with Crippen LogP contribution in [0.3, 0.4) is 0 Å². The maximum absolute atomic E-state index is 11.8. The lowest BCUT2D eigenvalue weighted by molar-refractivity contribution is -0.128. The van der Waals surface area contributed by atoms with Crippen molar-refractivity contribution in [3.8, 4) is 17.0 Å². The number of nitrogens with zero attached hydrogens (tertiary/aromatic N) is 4. The van der Waals surface area contributed by atoms with E-state index in [2.05, 4.69) is 15.3 Å². The van der Waals surface area contributed by atoms with Crippen LogP contribution in [0.5, 0.6) is 5.75 Å². The summed E-state index contributed by atoms with van der Waals surface area (Å²) >= 11 is 0. The molecule has 0 aliphatic rings. The summed E-state index contributed by atoms with van der Waals surface area (Å²) in [6.07, 6.45) is 5.69. The minimum absolute atomic E-state index is 0.0778. The molecule has 2 heterocycles. The summed E-state index contributed by atoms with van der Waals surface area (Å²) in [5, 5.41) is 3.34. The minimum atomic E-state index is 0.0778. The Hall–Kier alpha value is -3.09. The van der Waals surface area contributed by atoms with Crippen molar-refractivity contribution >= 4 is 17.4 Å². The average Bonchev–Trinajstić information content (AvgIpc) is 3.00. The number of hydrogen-bond acceptors (Lipinski definition) is 5. The van der Waals surface area contributed by atoms with Gasteiger partial charge in [-0.25, -0.2) is 4.98 Å². The zero-order valence-electron chi connectivity index (χ0n) is 14.6. The van der Waals surface area contributed by atoms with Crippen molar-refractivity contribution in [2.45, 2.75) is 6.42 Å². The number of ether oxygens (including phenoxy) is 1. The summed E-state index contributed by atoms with van der Waals surface area (Å²) in [6, 6.07) is 7.72. The summed E-state index contributed by atoms with van der Waals surface area (Å²) < 4.78 is 7.15. The van der Waals surface area contributed by atoms with Crippen LogP contribution < -0.4 is 10.1 Å². The van der Waals surface area contributed by atoms with E-state index in [9.17, 15) is 4.79 Å². The van der Waals surface area contributed by atoms with Gasteiger partial charge in [0.2, 0.25) is 5.91 Å². The summed E-state index contributed by atoms with van der Waals surface area (Å²) in [7, 11) is 5.15. The van der Waals surface area contributed by atoms with Gasteiger partial charge in [0.05, 0.1) is 13.3 Å². The first kappa shape index (κ1) is 16.8. The number of aromatic nitrogens is 3. The lowest BCUT2D eigenvalue weighted by atomic mass is 10.1. The van der Waals surface area contributed by atoms with Crippen molar-refractivity contribution in [3.63, 3.8) is 0 Å². The predicted molar refractivity (Wildman–Crippen MR) is 96.8 cm³/mol. The highest BCUT2D eigenvalue weighted by atomic mass is 16.5. The van der Waals surface area contributed by atoms with Crippen LogP contribution in [0, 0.1) is 0 Å². The number of rotatable bonds is 6. The summed E-state index contributed by atoms with van der Waals surface area (Å²) in [4.78, 5) is 22.2. The molecule has 3 aromatic rings. The van der Waals surface area contributed by atoms with Crippen LogP contribution >= 0.6 is 0 Å². The molecule has 3 rings (SSSR count). The maximum Gasteiger partial charge on any atom is 0.223 e. The molecular formula is C18H21N5O2. The molecule has 0 unspecified atom stereocenters. The first-order chi connectivity index (χ1) is 12.1. The van der Waals surface area contributed by atoms with E-state index >= 15 is 0 Å². The number of methoxy groups -OCH3 is 1. The van der Waals surface area contributed by atoms with Gasteiger partial charge in [-0.1, -0.05) is 0 Å². The van der Waals surface area contributed by atoms with E-state index in [-0.39, 0.29) is 5.91 Å². The number of fused-ring (bicyclic) bond motifs is 1. The largest absolute Gasteiger partial charge is 0.497 e. The van der Waals surface area contributed by atoms with Crippen LogP contribution in [0.1, 0.15) is 6.42 Å². The third-order valence-corrected chi connectivity index (χ3v) is 3.92. The van der Waals surface area contributed by atoms with E-state index in [0.717, 1.165) is 28.5 Å². The van der Waals surface area contributed by atoms with Crippen molar-refractivity contribution in [2.24, 2.45) is 0 Å². The van der Waals surface area contributed by atoms with E-state index < -0.39 is 0 Å². The van der Waals surface area contributed by atoms with Crippen LogP contribution in [0.25, 0.3) is 16.9 Å². The van der Waals surface area contributed by atoms with Gasteiger partial charge in [0, 0.05) is 45.0 Å². The van der Waals surface area contributed by atoms with Crippen LogP contribution in [0.2, 0.25) is 0 Å². The lowest BCUT2D eigenvalue weighted by Crippen LogP contribution is -2.24. The topological polar surface area (TPSA) is 71.8 Å². The van der Waals surface area contributed by atoms with Gasteiger partial charge in [-0.15, -0.1) is 0 Å². The Balaban J connectivity index is 1.92. The van der Waals surface area contributed by atoms with Crippen LogP contribution in [-0.4, -0.2) is 52.9 Å². The van der Waals surface area contributed by atoms with Gasteiger partial charge in [-0.3, -0.25) is 14.2 Å². The van der Waals surface area contributed by atoms with E-state index in [1.807, 2.05) is 34.9 Å². The fourth-order valence-electron chi connectivity index (χ4n) is 2.54. The fraction of sp³-hybridized carbons (Fsp3) is 0.278. The van der Waals surface area contributed by atoms with Crippen LogP contribution in [-0.2, 0) is 4.79 Å². The number of carbonyl (C=O) groups is 1. The van der Waals surface area contributed by atoms with Gasteiger partial charge >= 0.3 is 0 Å². The van der Waals surface area contributed by atoms with E-state index in [1.54, 1.807) is 38.5 Å². The Kier molecular flexibility index (Phi) is 4.83. The number of imidazole rings is 1. The highest BCUT2D eigenvalue weighted by Crippen LogP contribution is 2.29. The highest BCUT2D eigenvalue weighted by Gasteiger charge is 2.14. The monoisotopic (exact) mass is 339 g/mol. The van der Waals surface area contributed by atoms with Crippen molar-refractivity contribution in [1.82, 2.24) is 19.3 Å². The molecule has 1 amide bonds. The Bertz CT molecular complexity index is 871. The Morgan fingerprint density at radius 3 is 2.72 bits per heavy atom. The van der Waals surface area contributed by atoms with Crippen molar-refractivity contribution in [2.75, 3.05) is 33.1 Å². The summed E-state index contributed by atoms with van der Waals surface area (Å²) in [5.41, 5.74) is 2.52. The average molecular weight is 339 g/mol. The second-order valence-electron chi connectivity index (χ2n) is 5.81. The van der Waals surface area contributed by atoms with Gasteiger partial charge in [-0.05, 0) is 24.3 Å². The molecule has 0 aliphatic carbocycles. The van der Waals surface area contributed by atoms with Crippen LogP contribution in [0.15, 0.2) is 42.9 Å². The molecule has 0 atom stereocenters. The number of anilines is 1. The molecule has 0 spiro atoms. The molecule has 130 valence electrons. The van der Waals surface area contributed by atoms with Crippen molar-refractivity contribution in [3.05, 3.63) is 42.9 Å². The molecule has 0 saturated heterocycles. The number of hydrogen-bond donors (Lipinski definition) is 1. The molecule has 0 radical (unpaired) electrons. The summed E-state index contributed by atoms with van der Waals surface area (Å²) in [6.45, 7) is 0.524. The second-order valence-corrected chi connectivity index (χ2v) is 5.81. The molecule has 0 aliphatic heterocycles.